The van der Waals surface area contributed by atoms with Crippen molar-refractivity contribution in [1.82, 2.24) is 10.2 Å². The van der Waals surface area contributed by atoms with Gasteiger partial charge in [0.05, 0.1) is 0 Å². The number of halogens is 2. The van der Waals surface area contributed by atoms with Crippen molar-refractivity contribution in [2.45, 2.75) is 37.8 Å². The minimum atomic E-state index is -1.45. The molecule has 150 valence electrons. The Morgan fingerprint density at radius 3 is 2.61 bits per heavy atom. The van der Waals surface area contributed by atoms with E-state index < -0.39 is 17.2 Å². The number of amides is 1. The minimum absolute atomic E-state index is 0.0833. The van der Waals surface area contributed by atoms with Gasteiger partial charge in [-0.2, -0.15) is 0 Å². The van der Waals surface area contributed by atoms with Crippen molar-refractivity contribution in [3.05, 3.63) is 71.3 Å². The molecule has 0 bridgehead atoms. The lowest BCUT2D eigenvalue weighted by molar-refractivity contribution is -0.156. The summed E-state index contributed by atoms with van der Waals surface area (Å²) in [5.74, 6) is -2.06. The van der Waals surface area contributed by atoms with Gasteiger partial charge in [-0.05, 0) is 48.9 Å². The first-order chi connectivity index (χ1) is 13.5. The number of carbonyl (C=O) groups is 1. The average molecular weight is 388 g/mol. The number of rotatable bonds is 8. The van der Waals surface area contributed by atoms with Crippen LogP contribution in [0.25, 0.3) is 0 Å². The monoisotopic (exact) mass is 388 g/mol. The van der Waals surface area contributed by atoms with Gasteiger partial charge < -0.3 is 15.3 Å². The van der Waals surface area contributed by atoms with Crippen LogP contribution in [0, 0.1) is 11.6 Å². The molecule has 0 unspecified atom stereocenters. The van der Waals surface area contributed by atoms with Gasteiger partial charge in [0.1, 0.15) is 0 Å². The molecule has 0 radical (unpaired) electrons. The zero-order valence-corrected chi connectivity index (χ0v) is 15.8. The van der Waals surface area contributed by atoms with Gasteiger partial charge in [0.15, 0.2) is 17.2 Å². The van der Waals surface area contributed by atoms with E-state index in [1.807, 2.05) is 18.2 Å². The molecule has 0 spiro atoms. The van der Waals surface area contributed by atoms with E-state index in [0.717, 1.165) is 31.4 Å². The molecule has 4 nitrogen and oxygen atoms in total. The van der Waals surface area contributed by atoms with E-state index in [4.69, 9.17) is 0 Å². The van der Waals surface area contributed by atoms with Crippen LogP contribution in [0.2, 0.25) is 0 Å². The molecule has 1 saturated heterocycles. The molecule has 6 heteroatoms. The van der Waals surface area contributed by atoms with Crippen LogP contribution in [-0.4, -0.2) is 41.1 Å². The summed E-state index contributed by atoms with van der Waals surface area (Å²) in [7, 11) is 0. The highest BCUT2D eigenvalue weighted by Crippen LogP contribution is 2.23. The molecule has 1 atom stereocenters. The van der Waals surface area contributed by atoms with Crippen LogP contribution < -0.4 is 5.32 Å². The van der Waals surface area contributed by atoms with E-state index in [0.29, 0.717) is 25.1 Å². The third kappa shape index (κ3) is 5.14. The van der Waals surface area contributed by atoms with Crippen LogP contribution >= 0.6 is 0 Å². The van der Waals surface area contributed by atoms with Crippen molar-refractivity contribution in [2.24, 2.45) is 0 Å². The maximum atomic E-state index is 13.3. The maximum absolute atomic E-state index is 13.3. The van der Waals surface area contributed by atoms with Crippen LogP contribution in [0.1, 0.15) is 30.4 Å². The zero-order chi connectivity index (χ0) is 20.0. The molecule has 2 N–H and O–H groups in total. The highest BCUT2D eigenvalue weighted by Gasteiger charge is 2.41. The summed E-state index contributed by atoms with van der Waals surface area (Å²) < 4.78 is 26.3. The van der Waals surface area contributed by atoms with E-state index in [1.54, 1.807) is 4.90 Å². The summed E-state index contributed by atoms with van der Waals surface area (Å²) in [5.41, 5.74) is 0.338. The van der Waals surface area contributed by atoms with Crippen LogP contribution in [0.3, 0.4) is 0 Å². The Kier molecular flexibility index (Phi) is 6.75. The third-order valence-electron chi connectivity index (χ3n) is 5.17. The number of nitrogens with one attached hydrogen (secondary N) is 1. The number of benzene rings is 2. The first kappa shape index (κ1) is 20.4. The van der Waals surface area contributed by atoms with Crippen molar-refractivity contribution in [1.29, 1.82) is 0 Å². The van der Waals surface area contributed by atoms with Crippen LogP contribution in [0.15, 0.2) is 48.5 Å². The first-order valence-corrected chi connectivity index (χ1v) is 9.68. The lowest BCUT2D eigenvalue weighted by Gasteiger charge is -2.38. The molecule has 0 aliphatic carbocycles. The largest absolute Gasteiger partial charge is 0.379 e. The smallest absolute Gasteiger partial charge is 0.255 e. The molecule has 1 fully saturated rings. The van der Waals surface area contributed by atoms with E-state index in [1.165, 1.54) is 11.6 Å². The van der Waals surface area contributed by atoms with Crippen LogP contribution in [-0.2, 0) is 17.8 Å². The standard InChI is InChI=1S/C22H26F2N2O2/c23-19-10-9-18(14-20(19)24)15-25-16-22(28)11-5-13-26(21(22)27)12-4-8-17-6-2-1-3-7-17/h1-3,6-7,9-10,14,25,28H,4-5,8,11-13,15-16H2/t22-/m1/s1. The van der Waals surface area contributed by atoms with Gasteiger partial charge in [0.25, 0.3) is 5.91 Å². The molecule has 0 aromatic heterocycles. The van der Waals surface area contributed by atoms with Crippen molar-refractivity contribution in [3.63, 3.8) is 0 Å². The van der Waals surface area contributed by atoms with E-state index in [9.17, 15) is 18.7 Å². The Bertz CT molecular complexity index is 800. The quantitative estimate of drug-likeness (QED) is 0.731. The van der Waals surface area contributed by atoms with Gasteiger partial charge in [0.2, 0.25) is 0 Å². The summed E-state index contributed by atoms with van der Waals surface area (Å²) in [6.45, 7) is 1.60. The highest BCUT2D eigenvalue weighted by atomic mass is 19.2. The third-order valence-corrected chi connectivity index (χ3v) is 5.17. The number of aryl methyl sites for hydroxylation is 1. The summed E-state index contributed by atoms with van der Waals surface area (Å²) in [6.07, 6.45) is 2.86. The SMILES string of the molecule is O=C1N(CCCc2ccccc2)CCC[C@@]1(O)CNCc1ccc(F)c(F)c1. The summed E-state index contributed by atoms with van der Waals surface area (Å²) in [6, 6.07) is 13.8. The number of hydrogen-bond donors (Lipinski definition) is 2. The molecule has 28 heavy (non-hydrogen) atoms. The molecule has 1 heterocycles. The maximum Gasteiger partial charge on any atom is 0.255 e. The molecule has 1 aliphatic rings. The number of nitrogens with zero attached hydrogens (tertiary/aromatic N) is 1. The van der Waals surface area contributed by atoms with Gasteiger partial charge in [-0.15, -0.1) is 0 Å². The average Bonchev–Trinajstić information content (AvgIpc) is 2.69. The fourth-order valence-corrected chi connectivity index (χ4v) is 3.62. The molecule has 1 amide bonds. The Morgan fingerprint density at radius 2 is 1.86 bits per heavy atom. The van der Waals surface area contributed by atoms with E-state index >= 15 is 0 Å². The predicted octanol–water partition coefficient (Wildman–Crippen LogP) is 3.04. The normalized spacial score (nSPS) is 19.8. The number of likely N-dealkylation sites (tertiary alicyclic amines) is 1. The summed E-state index contributed by atoms with van der Waals surface area (Å²) >= 11 is 0. The molecule has 3 rings (SSSR count). The van der Waals surface area contributed by atoms with Crippen molar-refractivity contribution in [3.8, 4) is 0 Å². The van der Waals surface area contributed by atoms with Crippen molar-refractivity contribution < 1.29 is 18.7 Å². The van der Waals surface area contributed by atoms with Crippen LogP contribution in [0.4, 0.5) is 8.78 Å². The molecule has 1 aliphatic heterocycles. The van der Waals surface area contributed by atoms with E-state index in [2.05, 4.69) is 17.4 Å². The van der Waals surface area contributed by atoms with Gasteiger partial charge >= 0.3 is 0 Å². The Labute approximate surface area is 164 Å². The van der Waals surface area contributed by atoms with Gasteiger partial charge in [0, 0.05) is 26.2 Å². The second-order valence-electron chi connectivity index (χ2n) is 7.37. The molecule has 2 aromatic rings. The van der Waals surface area contributed by atoms with Gasteiger partial charge in [-0.3, -0.25) is 4.79 Å². The van der Waals surface area contributed by atoms with Crippen LogP contribution in [0.5, 0.6) is 0 Å². The summed E-state index contributed by atoms with van der Waals surface area (Å²) in [4.78, 5) is 14.5. The number of piperidine rings is 1. The molecular weight excluding hydrogens is 362 g/mol. The van der Waals surface area contributed by atoms with E-state index in [-0.39, 0.29) is 19.0 Å². The number of aliphatic hydroxyl groups is 1. The Morgan fingerprint density at radius 1 is 1.07 bits per heavy atom. The number of hydrogen-bond acceptors (Lipinski definition) is 3. The van der Waals surface area contributed by atoms with Gasteiger partial charge in [-0.25, -0.2) is 8.78 Å². The zero-order valence-electron chi connectivity index (χ0n) is 15.8. The fourth-order valence-electron chi connectivity index (χ4n) is 3.62. The lowest BCUT2D eigenvalue weighted by atomic mass is 9.91. The topological polar surface area (TPSA) is 52.6 Å². The second kappa shape index (κ2) is 9.26. The first-order valence-electron chi connectivity index (χ1n) is 9.68. The Hall–Kier alpha value is -2.31. The lowest BCUT2D eigenvalue weighted by Crippen LogP contribution is -2.58. The summed E-state index contributed by atoms with van der Waals surface area (Å²) in [5, 5.41) is 13.8. The van der Waals surface area contributed by atoms with Crippen molar-refractivity contribution >= 4 is 5.91 Å². The minimum Gasteiger partial charge on any atom is -0.379 e. The highest BCUT2D eigenvalue weighted by molar-refractivity contribution is 5.86. The van der Waals surface area contributed by atoms with Gasteiger partial charge in [-0.1, -0.05) is 36.4 Å². The molecule has 2 aromatic carbocycles. The fraction of sp³-hybridized carbons (Fsp3) is 0.409. The second-order valence-corrected chi connectivity index (χ2v) is 7.37. The Balaban J connectivity index is 1.49. The molecule has 0 saturated carbocycles. The predicted molar refractivity (Wildman–Crippen MR) is 104 cm³/mol. The molecular formula is C22H26F2N2O2. The van der Waals surface area contributed by atoms with Crippen molar-refractivity contribution in [2.75, 3.05) is 19.6 Å². The number of carbonyl (C=O) groups excluding carboxylic acids is 1.